The lowest BCUT2D eigenvalue weighted by molar-refractivity contribution is 0.595. The summed E-state index contributed by atoms with van der Waals surface area (Å²) in [6.45, 7) is 0.414. The van der Waals surface area contributed by atoms with E-state index in [9.17, 15) is 13.2 Å². The van der Waals surface area contributed by atoms with E-state index in [1.165, 1.54) is 6.07 Å². The SMILES string of the molecule is NS(=O)(=O)CCCNc1cc(=O)[nH]c(C2CC2)n1. The summed E-state index contributed by atoms with van der Waals surface area (Å²) in [7, 11) is -3.43. The molecule has 0 aliphatic heterocycles. The van der Waals surface area contributed by atoms with Crippen molar-refractivity contribution in [3.05, 3.63) is 22.2 Å². The molecule has 0 aromatic carbocycles. The van der Waals surface area contributed by atoms with Crippen LogP contribution in [-0.4, -0.2) is 30.7 Å². The molecule has 1 aromatic heterocycles. The Hall–Kier alpha value is -1.41. The van der Waals surface area contributed by atoms with Gasteiger partial charge in [0.05, 0.1) is 5.75 Å². The zero-order chi connectivity index (χ0) is 13.2. The van der Waals surface area contributed by atoms with Gasteiger partial charge in [0.2, 0.25) is 10.0 Å². The Morgan fingerprint density at radius 1 is 1.50 bits per heavy atom. The van der Waals surface area contributed by atoms with Crippen molar-refractivity contribution in [2.75, 3.05) is 17.6 Å². The van der Waals surface area contributed by atoms with Crippen LogP contribution in [0.4, 0.5) is 5.82 Å². The maximum Gasteiger partial charge on any atom is 0.252 e. The number of nitrogens with zero attached hydrogens (tertiary/aromatic N) is 1. The minimum atomic E-state index is -3.43. The molecule has 4 N–H and O–H groups in total. The highest BCUT2D eigenvalue weighted by Crippen LogP contribution is 2.37. The molecule has 0 unspecified atom stereocenters. The predicted molar refractivity (Wildman–Crippen MR) is 67.9 cm³/mol. The molecule has 1 saturated carbocycles. The number of nitrogens with one attached hydrogen (secondary N) is 2. The lowest BCUT2D eigenvalue weighted by atomic mass is 10.4. The van der Waals surface area contributed by atoms with Gasteiger partial charge in [0, 0.05) is 18.5 Å². The molecule has 1 fully saturated rings. The number of primary sulfonamides is 1. The Morgan fingerprint density at radius 3 is 2.83 bits per heavy atom. The van der Waals surface area contributed by atoms with Gasteiger partial charge in [-0.1, -0.05) is 0 Å². The second-order valence-corrected chi connectivity index (χ2v) is 6.17. The normalized spacial score (nSPS) is 15.6. The summed E-state index contributed by atoms with van der Waals surface area (Å²) in [6.07, 6.45) is 2.49. The number of rotatable bonds is 6. The molecule has 0 atom stereocenters. The average Bonchev–Trinajstić information content (AvgIpc) is 3.06. The van der Waals surface area contributed by atoms with E-state index in [4.69, 9.17) is 5.14 Å². The molecule has 0 amide bonds. The summed E-state index contributed by atoms with van der Waals surface area (Å²) in [6, 6.07) is 1.36. The Morgan fingerprint density at radius 2 is 2.22 bits per heavy atom. The zero-order valence-corrected chi connectivity index (χ0v) is 10.7. The molecule has 8 heteroatoms. The van der Waals surface area contributed by atoms with E-state index in [-0.39, 0.29) is 11.3 Å². The number of aromatic nitrogens is 2. The van der Waals surface area contributed by atoms with Crippen LogP contribution in [0, 0.1) is 0 Å². The van der Waals surface area contributed by atoms with Crippen molar-refractivity contribution in [1.82, 2.24) is 9.97 Å². The van der Waals surface area contributed by atoms with Gasteiger partial charge in [0.25, 0.3) is 5.56 Å². The van der Waals surface area contributed by atoms with E-state index >= 15 is 0 Å². The third kappa shape index (κ3) is 4.11. The van der Waals surface area contributed by atoms with Gasteiger partial charge >= 0.3 is 0 Å². The van der Waals surface area contributed by atoms with Crippen molar-refractivity contribution in [2.24, 2.45) is 5.14 Å². The van der Waals surface area contributed by atoms with Crippen molar-refractivity contribution in [1.29, 1.82) is 0 Å². The van der Waals surface area contributed by atoms with Crippen LogP contribution in [0.25, 0.3) is 0 Å². The molecule has 7 nitrogen and oxygen atoms in total. The summed E-state index contributed by atoms with van der Waals surface area (Å²) < 4.78 is 21.5. The first-order valence-electron chi connectivity index (χ1n) is 5.80. The highest BCUT2D eigenvalue weighted by Gasteiger charge is 2.26. The first kappa shape index (κ1) is 13.0. The summed E-state index contributed by atoms with van der Waals surface area (Å²) in [5.41, 5.74) is -0.194. The molecule has 0 spiro atoms. The van der Waals surface area contributed by atoms with Crippen molar-refractivity contribution >= 4 is 15.8 Å². The van der Waals surface area contributed by atoms with E-state index in [1.807, 2.05) is 0 Å². The van der Waals surface area contributed by atoms with Gasteiger partial charge in [-0.05, 0) is 19.3 Å². The number of hydrogen-bond acceptors (Lipinski definition) is 5. The fourth-order valence-electron chi connectivity index (χ4n) is 1.61. The largest absolute Gasteiger partial charge is 0.370 e. The molecule has 1 heterocycles. The Labute approximate surface area is 105 Å². The van der Waals surface area contributed by atoms with E-state index in [0.29, 0.717) is 30.5 Å². The van der Waals surface area contributed by atoms with Crippen LogP contribution in [0.2, 0.25) is 0 Å². The topological polar surface area (TPSA) is 118 Å². The smallest absolute Gasteiger partial charge is 0.252 e. The van der Waals surface area contributed by atoms with Gasteiger partial charge in [0.1, 0.15) is 11.6 Å². The first-order chi connectivity index (χ1) is 8.44. The fourth-order valence-corrected chi connectivity index (χ4v) is 2.15. The Kier molecular flexibility index (Phi) is 3.67. The molecule has 0 radical (unpaired) electrons. The van der Waals surface area contributed by atoms with Gasteiger partial charge in [-0.3, -0.25) is 4.79 Å². The predicted octanol–water partition coefficient (Wildman–Crippen LogP) is -0.262. The highest BCUT2D eigenvalue weighted by atomic mass is 32.2. The minimum Gasteiger partial charge on any atom is -0.370 e. The maximum atomic E-state index is 11.4. The summed E-state index contributed by atoms with van der Waals surface area (Å²) in [5.74, 6) is 1.47. The molecule has 0 saturated heterocycles. The van der Waals surface area contributed by atoms with E-state index in [2.05, 4.69) is 15.3 Å². The van der Waals surface area contributed by atoms with Crippen LogP contribution < -0.4 is 16.0 Å². The minimum absolute atomic E-state index is 0.0846. The summed E-state index contributed by atoms with van der Waals surface area (Å²) in [4.78, 5) is 18.4. The monoisotopic (exact) mass is 272 g/mol. The van der Waals surface area contributed by atoms with Gasteiger partial charge in [-0.15, -0.1) is 0 Å². The standard InChI is InChI=1S/C10H16N4O3S/c11-18(16,17)5-1-4-12-8-6-9(15)14-10(13-8)7-2-3-7/h6-7H,1-5H2,(H2,11,16,17)(H2,12,13,14,15). The van der Waals surface area contributed by atoms with Gasteiger partial charge in [-0.2, -0.15) is 0 Å². The van der Waals surface area contributed by atoms with Crippen molar-refractivity contribution < 1.29 is 8.42 Å². The number of hydrogen-bond donors (Lipinski definition) is 3. The fraction of sp³-hybridized carbons (Fsp3) is 0.600. The second-order valence-electron chi connectivity index (χ2n) is 4.44. The number of sulfonamides is 1. The van der Waals surface area contributed by atoms with Crippen LogP contribution >= 0.6 is 0 Å². The van der Waals surface area contributed by atoms with Gasteiger partial charge in [0.15, 0.2) is 0 Å². The number of anilines is 1. The zero-order valence-electron chi connectivity index (χ0n) is 9.85. The molecule has 2 rings (SSSR count). The van der Waals surface area contributed by atoms with E-state index in [1.54, 1.807) is 0 Å². The van der Waals surface area contributed by atoms with Crippen molar-refractivity contribution in [3.8, 4) is 0 Å². The van der Waals surface area contributed by atoms with Crippen LogP contribution in [0.5, 0.6) is 0 Å². The second kappa shape index (κ2) is 5.07. The molecular weight excluding hydrogens is 256 g/mol. The Bertz CT molecular complexity index is 577. The molecule has 1 aliphatic rings. The lowest BCUT2D eigenvalue weighted by Crippen LogP contribution is -2.19. The van der Waals surface area contributed by atoms with Crippen molar-refractivity contribution in [2.45, 2.75) is 25.2 Å². The number of H-pyrrole nitrogens is 1. The number of nitrogens with two attached hydrogens (primary N) is 1. The van der Waals surface area contributed by atoms with Crippen molar-refractivity contribution in [3.63, 3.8) is 0 Å². The molecule has 18 heavy (non-hydrogen) atoms. The summed E-state index contributed by atoms with van der Waals surface area (Å²) >= 11 is 0. The van der Waals surface area contributed by atoms with Crippen LogP contribution in [-0.2, 0) is 10.0 Å². The average molecular weight is 272 g/mol. The molecule has 100 valence electrons. The molecular formula is C10H16N4O3S. The van der Waals surface area contributed by atoms with Crippen LogP contribution in [0.3, 0.4) is 0 Å². The molecule has 0 bridgehead atoms. The molecule has 1 aromatic rings. The van der Waals surface area contributed by atoms with Gasteiger partial charge in [-0.25, -0.2) is 18.5 Å². The van der Waals surface area contributed by atoms with E-state index < -0.39 is 10.0 Å². The van der Waals surface area contributed by atoms with Crippen LogP contribution in [0.15, 0.2) is 10.9 Å². The van der Waals surface area contributed by atoms with Gasteiger partial charge < -0.3 is 10.3 Å². The maximum absolute atomic E-state index is 11.4. The third-order valence-corrected chi connectivity index (χ3v) is 3.49. The molecule has 1 aliphatic carbocycles. The number of aromatic amines is 1. The first-order valence-corrected chi connectivity index (χ1v) is 7.51. The Balaban J connectivity index is 1.91. The summed E-state index contributed by atoms with van der Waals surface area (Å²) in [5, 5.41) is 7.81. The van der Waals surface area contributed by atoms with E-state index in [0.717, 1.165) is 12.8 Å². The van der Waals surface area contributed by atoms with Crippen LogP contribution in [0.1, 0.15) is 31.0 Å². The third-order valence-electron chi connectivity index (χ3n) is 2.64. The lowest BCUT2D eigenvalue weighted by Gasteiger charge is -2.06. The quantitative estimate of drug-likeness (QED) is 0.616. The highest BCUT2D eigenvalue weighted by molar-refractivity contribution is 7.89.